The summed E-state index contributed by atoms with van der Waals surface area (Å²) in [6.07, 6.45) is 7.90. The first-order valence-corrected chi connectivity index (χ1v) is 12.9. The highest BCUT2D eigenvalue weighted by atomic mass is 16.4. The molecule has 200 valence electrons. The lowest BCUT2D eigenvalue weighted by molar-refractivity contribution is -0.147. The summed E-state index contributed by atoms with van der Waals surface area (Å²) in [6, 6.07) is 6.73. The van der Waals surface area contributed by atoms with Gasteiger partial charge in [0.2, 0.25) is 0 Å². The van der Waals surface area contributed by atoms with Crippen LogP contribution in [-0.4, -0.2) is 45.9 Å². The Balaban J connectivity index is 1.85. The molecule has 38 heavy (non-hydrogen) atoms. The van der Waals surface area contributed by atoms with Crippen LogP contribution in [0, 0.1) is 11.3 Å². The van der Waals surface area contributed by atoms with Crippen LogP contribution in [0.25, 0.3) is 11.1 Å². The molecule has 0 spiro atoms. The van der Waals surface area contributed by atoms with E-state index in [-0.39, 0.29) is 53.2 Å². The first-order chi connectivity index (χ1) is 17.9. The Hall–Kier alpha value is -3.71. The van der Waals surface area contributed by atoms with Crippen LogP contribution in [0.5, 0.6) is 0 Å². The van der Waals surface area contributed by atoms with Crippen molar-refractivity contribution in [2.45, 2.75) is 59.3 Å². The van der Waals surface area contributed by atoms with Gasteiger partial charge in [-0.15, -0.1) is 0 Å². The number of aliphatic hydroxyl groups is 1. The number of rotatable bonds is 12. The molecule has 2 N–H and O–H groups in total. The van der Waals surface area contributed by atoms with Crippen LogP contribution >= 0.6 is 0 Å². The maximum absolute atomic E-state index is 13.4. The Morgan fingerprint density at radius 2 is 1.29 bits per heavy atom. The summed E-state index contributed by atoms with van der Waals surface area (Å²) >= 11 is 0. The summed E-state index contributed by atoms with van der Waals surface area (Å²) in [7, 11) is 0. The summed E-state index contributed by atoms with van der Waals surface area (Å²) in [5, 5.41) is 18.6. The predicted molar refractivity (Wildman–Crippen MR) is 144 cm³/mol. The van der Waals surface area contributed by atoms with Crippen LogP contribution in [0.3, 0.4) is 0 Å². The highest BCUT2D eigenvalue weighted by molar-refractivity contribution is 6.40. The lowest BCUT2D eigenvalue weighted by atomic mass is 9.81. The predicted octanol–water partition coefficient (Wildman–Crippen LogP) is 4.69. The van der Waals surface area contributed by atoms with Gasteiger partial charge in [-0.2, -0.15) is 0 Å². The van der Waals surface area contributed by atoms with E-state index in [0.717, 1.165) is 0 Å². The van der Waals surface area contributed by atoms with Crippen LogP contribution in [0.15, 0.2) is 59.7 Å². The van der Waals surface area contributed by atoms with Crippen molar-refractivity contribution >= 4 is 40.2 Å². The zero-order valence-electron chi connectivity index (χ0n) is 22.1. The third-order valence-electron chi connectivity index (χ3n) is 7.07. The van der Waals surface area contributed by atoms with Crippen LogP contribution < -0.4 is 0 Å². The van der Waals surface area contributed by atoms with Gasteiger partial charge in [0.1, 0.15) is 0 Å². The van der Waals surface area contributed by atoms with E-state index in [1.54, 1.807) is 38.1 Å². The highest BCUT2D eigenvalue weighted by Gasteiger charge is 2.30. The zero-order chi connectivity index (χ0) is 28.0. The normalized spacial score (nSPS) is 17.1. The number of aliphatic carboxylic acids is 1. The summed E-state index contributed by atoms with van der Waals surface area (Å²) in [6.45, 7) is 5.20. The van der Waals surface area contributed by atoms with E-state index in [1.807, 2.05) is 6.92 Å². The molecule has 2 aliphatic rings. The molecule has 0 aliphatic heterocycles. The van der Waals surface area contributed by atoms with Crippen molar-refractivity contribution in [2.24, 2.45) is 11.3 Å². The average Bonchev–Trinajstić information content (AvgIpc) is 2.87. The molecule has 0 heterocycles. The molecule has 7 nitrogen and oxygen atoms in total. The fourth-order valence-electron chi connectivity index (χ4n) is 4.60. The van der Waals surface area contributed by atoms with E-state index in [0.29, 0.717) is 54.4 Å². The fourth-order valence-corrected chi connectivity index (χ4v) is 4.60. The third-order valence-corrected chi connectivity index (χ3v) is 7.07. The third kappa shape index (κ3) is 6.78. The van der Waals surface area contributed by atoms with Crippen molar-refractivity contribution in [1.29, 1.82) is 0 Å². The Morgan fingerprint density at radius 3 is 1.74 bits per heavy atom. The van der Waals surface area contributed by atoms with Crippen LogP contribution in [0.4, 0.5) is 0 Å². The topological polar surface area (TPSA) is 126 Å². The van der Waals surface area contributed by atoms with Gasteiger partial charge in [-0.1, -0.05) is 31.2 Å². The second-order valence-electron chi connectivity index (χ2n) is 10.7. The maximum Gasteiger partial charge on any atom is 0.309 e. The summed E-state index contributed by atoms with van der Waals surface area (Å²) in [4.78, 5) is 63.3. The second kappa shape index (κ2) is 12.2. The number of hydrogen-bond acceptors (Lipinski definition) is 6. The number of hydrogen-bond donors (Lipinski definition) is 2. The molecule has 0 saturated carbocycles. The maximum atomic E-state index is 13.4. The van der Waals surface area contributed by atoms with Gasteiger partial charge in [-0.05, 0) is 93.7 Å². The minimum absolute atomic E-state index is 0.0556. The number of allylic oxidation sites excluding steroid dienone is 8. The molecule has 7 heteroatoms. The van der Waals surface area contributed by atoms with E-state index < -0.39 is 11.4 Å². The first kappa shape index (κ1) is 28.9. The minimum Gasteiger partial charge on any atom is -0.481 e. The monoisotopic (exact) mass is 518 g/mol. The molecular weight excluding hydrogens is 484 g/mol. The smallest absolute Gasteiger partial charge is 0.309 e. The lowest BCUT2D eigenvalue weighted by Gasteiger charge is -2.21. The Bertz CT molecular complexity index is 1290. The van der Waals surface area contributed by atoms with Crippen LogP contribution in [-0.2, 0) is 24.0 Å². The molecule has 1 atom stereocenters. The van der Waals surface area contributed by atoms with Crippen molar-refractivity contribution in [1.82, 2.24) is 0 Å². The number of carboxylic acids is 1. The van der Waals surface area contributed by atoms with Gasteiger partial charge in [-0.3, -0.25) is 24.0 Å². The summed E-state index contributed by atoms with van der Waals surface area (Å²) < 4.78 is 0. The number of ketones is 4. The van der Waals surface area contributed by atoms with Crippen molar-refractivity contribution < 1.29 is 34.2 Å². The molecular formula is C31H34O7. The molecule has 3 rings (SSSR count). The van der Waals surface area contributed by atoms with Gasteiger partial charge in [0, 0.05) is 28.9 Å². The lowest BCUT2D eigenvalue weighted by Crippen LogP contribution is -2.23. The molecule has 0 radical (unpaired) electrons. The quantitative estimate of drug-likeness (QED) is 0.385. The first-order valence-electron chi connectivity index (χ1n) is 12.9. The summed E-state index contributed by atoms with van der Waals surface area (Å²) in [5.74, 6) is -2.16. The number of carboxylic acid groups (broad SMARTS) is 1. The average molecular weight is 519 g/mol. The Kier molecular flexibility index (Phi) is 9.28. The number of carbonyl (C=O) groups is 5. The number of benzene rings is 1. The van der Waals surface area contributed by atoms with Crippen LogP contribution in [0.1, 0.15) is 70.4 Å². The molecule has 1 aromatic rings. The molecule has 1 aromatic carbocycles. The fraction of sp³-hybridized carbons (Fsp3) is 0.387. The standard InChI is InChI=1S/C31H34O7/c1-19(18-32)8-6-9-20-14-22(33)16-26(28(20)35)24-11-4-5-12-25(24)27-17-23(34)15-21(29(27)36)10-7-13-31(2,3)30(37)38/h4-5,11-12,14-17,19,32H,6-10,13,18H2,1-3H3,(H,37,38). The van der Waals surface area contributed by atoms with Crippen molar-refractivity contribution in [3.63, 3.8) is 0 Å². The van der Waals surface area contributed by atoms with Gasteiger partial charge in [0.15, 0.2) is 23.1 Å². The largest absolute Gasteiger partial charge is 0.481 e. The van der Waals surface area contributed by atoms with E-state index in [1.165, 1.54) is 24.3 Å². The number of carbonyl (C=O) groups excluding carboxylic acids is 4. The minimum atomic E-state index is -0.949. The number of Topliss-reactive ketones (excluding diaryl/α,β-unsaturated/α-hetero) is 2. The van der Waals surface area contributed by atoms with Crippen LogP contribution in [0.2, 0.25) is 0 Å². The van der Waals surface area contributed by atoms with Gasteiger partial charge >= 0.3 is 5.97 Å². The SMILES string of the molecule is CC(CO)CCCC1=CC(=O)C=C(c2ccccc2C2=CC(=O)C=C(CCCC(C)(C)C(=O)O)C2=O)C1=O. The molecule has 0 saturated heterocycles. The molecule has 0 bridgehead atoms. The Morgan fingerprint density at radius 1 is 0.816 bits per heavy atom. The Labute approximate surface area is 222 Å². The molecule has 2 aliphatic carbocycles. The van der Waals surface area contributed by atoms with E-state index in [4.69, 9.17) is 0 Å². The highest BCUT2D eigenvalue weighted by Crippen LogP contribution is 2.35. The molecule has 0 fully saturated rings. The van der Waals surface area contributed by atoms with E-state index in [2.05, 4.69) is 0 Å². The van der Waals surface area contributed by atoms with Crippen molar-refractivity contribution in [2.75, 3.05) is 6.61 Å². The summed E-state index contributed by atoms with van der Waals surface area (Å²) in [5.41, 5.74) is 0.852. The van der Waals surface area contributed by atoms with Gasteiger partial charge in [0.25, 0.3) is 0 Å². The van der Waals surface area contributed by atoms with Gasteiger partial charge in [-0.25, -0.2) is 0 Å². The molecule has 1 unspecified atom stereocenters. The van der Waals surface area contributed by atoms with E-state index >= 15 is 0 Å². The van der Waals surface area contributed by atoms with Crippen molar-refractivity contribution in [3.05, 3.63) is 70.8 Å². The van der Waals surface area contributed by atoms with Crippen molar-refractivity contribution in [3.8, 4) is 0 Å². The second-order valence-corrected chi connectivity index (χ2v) is 10.7. The molecule has 0 aromatic heterocycles. The van der Waals surface area contributed by atoms with Gasteiger partial charge in [0.05, 0.1) is 5.41 Å². The van der Waals surface area contributed by atoms with E-state index in [9.17, 15) is 34.2 Å². The molecule has 0 amide bonds. The zero-order valence-corrected chi connectivity index (χ0v) is 22.1. The van der Waals surface area contributed by atoms with Gasteiger partial charge < -0.3 is 10.2 Å². The number of aliphatic hydroxyl groups excluding tert-OH is 1.